The zero-order valence-electron chi connectivity index (χ0n) is 11.3. The third-order valence-corrected chi connectivity index (χ3v) is 4.16. The Kier molecular flexibility index (Phi) is 7.49. The van der Waals surface area contributed by atoms with E-state index in [4.69, 9.17) is 4.74 Å². The lowest BCUT2D eigenvalue weighted by molar-refractivity contribution is 0.188. The van der Waals surface area contributed by atoms with E-state index in [1.165, 1.54) is 16.2 Å². The van der Waals surface area contributed by atoms with E-state index >= 15 is 0 Å². The highest BCUT2D eigenvalue weighted by atomic mass is 32.1. The molecule has 0 aliphatic carbocycles. The Labute approximate surface area is 109 Å². The van der Waals surface area contributed by atoms with Gasteiger partial charge in [0, 0.05) is 29.5 Å². The van der Waals surface area contributed by atoms with Crippen molar-refractivity contribution in [1.82, 2.24) is 5.32 Å². The van der Waals surface area contributed by atoms with Crippen LogP contribution in [0.25, 0.3) is 0 Å². The van der Waals surface area contributed by atoms with E-state index in [2.05, 4.69) is 31.3 Å². The summed E-state index contributed by atoms with van der Waals surface area (Å²) in [6.07, 6.45) is 4.64. The van der Waals surface area contributed by atoms with Crippen LogP contribution >= 0.6 is 11.3 Å². The minimum atomic E-state index is 0.596. The fraction of sp³-hybridized carbons (Fsp3) is 0.714. The molecule has 0 fully saturated rings. The Morgan fingerprint density at radius 1 is 1.29 bits per heavy atom. The number of methoxy groups -OCH3 is 1. The van der Waals surface area contributed by atoms with Crippen molar-refractivity contribution in [1.29, 1.82) is 0 Å². The van der Waals surface area contributed by atoms with Gasteiger partial charge in [-0.3, -0.25) is 0 Å². The van der Waals surface area contributed by atoms with Crippen molar-refractivity contribution in [2.24, 2.45) is 0 Å². The topological polar surface area (TPSA) is 21.3 Å². The highest BCUT2D eigenvalue weighted by Crippen LogP contribution is 2.19. The maximum Gasteiger partial charge on any atom is 0.0462 e. The lowest BCUT2D eigenvalue weighted by Crippen LogP contribution is -2.30. The third kappa shape index (κ3) is 5.66. The van der Waals surface area contributed by atoms with Crippen molar-refractivity contribution in [2.45, 2.75) is 45.6 Å². The number of thiophene rings is 1. The summed E-state index contributed by atoms with van der Waals surface area (Å²) in [5.41, 5.74) is 0. The molecule has 2 nitrogen and oxygen atoms in total. The first kappa shape index (κ1) is 14.7. The second kappa shape index (κ2) is 8.67. The smallest absolute Gasteiger partial charge is 0.0462 e. The van der Waals surface area contributed by atoms with Crippen LogP contribution in [-0.2, 0) is 17.6 Å². The average molecular weight is 255 g/mol. The van der Waals surface area contributed by atoms with Gasteiger partial charge in [0.25, 0.3) is 0 Å². The standard InChI is InChI=1S/C14H25NOS/c1-4-13-8-9-14(17-13)11-12(15-5-2)7-6-10-16-3/h8-9,12,15H,4-7,10-11H2,1-3H3. The lowest BCUT2D eigenvalue weighted by atomic mass is 10.1. The summed E-state index contributed by atoms with van der Waals surface area (Å²) < 4.78 is 5.12. The molecule has 1 aromatic rings. The number of hydrogen-bond acceptors (Lipinski definition) is 3. The number of nitrogens with one attached hydrogen (secondary N) is 1. The van der Waals surface area contributed by atoms with Gasteiger partial charge in [-0.2, -0.15) is 0 Å². The van der Waals surface area contributed by atoms with Crippen LogP contribution in [-0.4, -0.2) is 26.3 Å². The average Bonchev–Trinajstić information content (AvgIpc) is 2.77. The molecule has 0 saturated heterocycles. The molecule has 0 spiro atoms. The van der Waals surface area contributed by atoms with Crippen LogP contribution in [0.1, 0.15) is 36.4 Å². The van der Waals surface area contributed by atoms with Gasteiger partial charge >= 0.3 is 0 Å². The van der Waals surface area contributed by atoms with Crippen molar-refractivity contribution >= 4 is 11.3 Å². The molecule has 0 aliphatic rings. The van der Waals surface area contributed by atoms with Gasteiger partial charge in [0.2, 0.25) is 0 Å². The molecule has 0 bridgehead atoms. The van der Waals surface area contributed by atoms with E-state index in [0.29, 0.717) is 6.04 Å². The highest BCUT2D eigenvalue weighted by molar-refractivity contribution is 7.11. The van der Waals surface area contributed by atoms with Crippen molar-refractivity contribution in [2.75, 3.05) is 20.3 Å². The number of hydrogen-bond donors (Lipinski definition) is 1. The minimum Gasteiger partial charge on any atom is -0.385 e. The van der Waals surface area contributed by atoms with Crippen LogP contribution in [0.4, 0.5) is 0 Å². The Hall–Kier alpha value is -0.380. The predicted octanol–water partition coefficient (Wildman–Crippen LogP) is 3.26. The van der Waals surface area contributed by atoms with Gasteiger partial charge < -0.3 is 10.1 Å². The molecule has 1 rings (SSSR count). The van der Waals surface area contributed by atoms with Crippen LogP contribution in [0.2, 0.25) is 0 Å². The molecule has 17 heavy (non-hydrogen) atoms. The van der Waals surface area contributed by atoms with Gasteiger partial charge in [0.15, 0.2) is 0 Å². The van der Waals surface area contributed by atoms with Crippen LogP contribution in [0, 0.1) is 0 Å². The van der Waals surface area contributed by atoms with E-state index in [1.807, 2.05) is 11.3 Å². The van der Waals surface area contributed by atoms with Gasteiger partial charge in [-0.1, -0.05) is 13.8 Å². The van der Waals surface area contributed by atoms with Crippen LogP contribution in [0.15, 0.2) is 12.1 Å². The molecule has 1 unspecified atom stereocenters. The van der Waals surface area contributed by atoms with Crippen LogP contribution < -0.4 is 5.32 Å². The largest absolute Gasteiger partial charge is 0.385 e. The van der Waals surface area contributed by atoms with Gasteiger partial charge in [0.1, 0.15) is 0 Å². The minimum absolute atomic E-state index is 0.596. The normalized spacial score (nSPS) is 12.9. The first-order valence-corrected chi connectivity index (χ1v) is 7.41. The summed E-state index contributed by atoms with van der Waals surface area (Å²) in [7, 11) is 1.77. The summed E-state index contributed by atoms with van der Waals surface area (Å²) in [4.78, 5) is 3.00. The number of aryl methyl sites for hydroxylation is 1. The molecule has 1 aromatic heterocycles. The van der Waals surface area contributed by atoms with Crippen molar-refractivity contribution in [3.63, 3.8) is 0 Å². The summed E-state index contributed by atoms with van der Waals surface area (Å²) in [5.74, 6) is 0. The summed E-state index contributed by atoms with van der Waals surface area (Å²) in [6, 6.07) is 5.14. The molecule has 0 amide bonds. The van der Waals surface area contributed by atoms with E-state index in [0.717, 1.165) is 32.4 Å². The van der Waals surface area contributed by atoms with E-state index < -0.39 is 0 Å². The Balaban J connectivity index is 2.41. The second-order valence-electron chi connectivity index (χ2n) is 4.32. The van der Waals surface area contributed by atoms with Crippen LogP contribution in [0.5, 0.6) is 0 Å². The highest BCUT2D eigenvalue weighted by Gasteiger charge is 2.09. The molecule has 0 radical (unpaired) electrons. The fourth-order valence-electron chi connectivity index (χ4n) is 2.00. The Bertz CT molecular complexity index is 298. The number of rotatable bonds is 9. The Morgan fingerprint density at radius 2 is 2.06 bits per heavy atom. The number of likely N-dealkylation sites (N-methyl/N-ethyl adjacent to an activating group) is 1. The molecule has 0 saturated carbocycles. The molecule has 1 N–H and O–H groups in total. The summed E-state index contributed by atoms with van der Waals surface area (Å²) in [6.45, 7) is 6.31. The molecule has 3 heteroatoms. The third-order valence-electron chi connectivity index (χ3n) is 2.91. The van der Waals surface area contributed by atoms with Gasteiger partial charge in [-0.15, -0.1) is 11.3 Å². The monoisotopic (exact) mass is 255 g/mol. The summed E-state index contributed by atoms with van der Waals surface area (Å²) >= 11 is 1.96. The van der Waals surface area contributed by atoms with Gasteiger partial charge in [0.05, 0.1) is 0 Å². The van der Waals surface area contributed by atoms with Crippen molar-refractivity contribution in [3.05, 3.63) is 21.9 Å². The zero-order valence-corrected chi connectivity index (χ0v) is 12.1. The van der Waals surface area contributed by atoms with E-state index in [9.17, 15) is 0 Å². The molecule has 0 aliphatic heterocycles. The molecule has 98 valence electrons. The summed E-state index contributed by atoms with van der Waals surface area (Å²) in [5, 5.41) is 3.57. The molecule has 0 aromatic carbocycles. The SMILES string of the molecule is CCNC(CCCOC)Cc1ccc(CC)s1. The maximum absolute atomic E-state index is 5.12. The first-order chi connectivity index (χ1) is 8.30. The zero-order chi connectivity index (χ0) is 12.5. The van der Waals surface area contributed by atoms with Gasteiger partial charge in [-0.25, -0.2) is 0 Å². The van der Waals surface area contributed by atoms with Crippen LogP contribution in [0.3, 0.4) is 0 Å². The van der Waals surface area contributed by atoms with E-state index in [1.54, 1.807) is 7.11 Å². The number of ether oxygens (including phenoxy) is 1. The quantitative estimate of drug-likeness (QED) is 0.684. The van der Waals surface area contributed by atoms with Gasteiger partial charge in [-0.05, 0) is 44.4 Å². The lowest BCUT2D eigenvalue weighted by Gasteiger charge is -2.16. The molecule has 1 atom stereocenters. The molecule has 1 heterocycles. The maximum atomic E-state index is 5.12. The van der Waals surface area contributed by atoms with E-state index in [-0.39, 0.29) is 0 Å². The van der Waals surface area contributed by atoms with Crippen molar-refractivity contribution in [3.8, 4) is 0 Å². The molecular formula is C14H25NOS. The predicted molar refractivity (Wildman–Crippen MR) is 76.0 cm³/mol. The second-order valence-corrected chi connectivity index (χ2v) is 5.57. The first-order valence-electron chi connectivity index (χ1n) is 6.60. The molecular weight excluding hydrogens is 230 g/mol. The van der Waals surface area contributed by atoms with Crippen molar-refractivity contribution < 1.29 is 4.74 Å². The fourth-order valence-corrected chi connectivity index (χ4v) is 3.04. The Morgan fingerprint density at radius 3 is 2.65 bits per heavy atom.